The Hall–Kier alpha value is -1.37. The number of allylic oxidation sites excluding steroid dienone is 2. The molecule has 0 saturated heterocycles. The summed E-state index contributed by atoms with van der Waals surface area (Å²) < 4.78 is 0. The molecule has 0 heterocycles. The van der Waals surface area contributed by atoms with E-state index in [0.29, 0.717) is 17.6 Å². The molecule has 1 nitrogen and oxygen atoms in total. The van der Waals surface area contributed by atoms with Crippen LogP contribution in [0.5, 0.6) is 0 Å². The molecule has 1 saturated carbocycles. The van der Waals surface area contributed by atoms with E-state index in [-0.39, 0.29) is 5.41 Å². The Labute approximate surface area is 114 Å². The molecule has 0 bridgehead atoms. The SMILES string of the molecule is O=C1c2ccccc2[C@@H]2CCCC[C@]12C1CC=CC1. The van der Waals surface area contributed by atoms with Crippen LogP contribution >= 0.6 is 0 Å². The summed E-state index contributed by atoms with van der Waals surface area (Å²) >= 11 is 0. The molecule has 1 aromatic carbocycles. The Morgan fingerprint density at radius 3 is 2.68 bits per heavy atom. The van der Waals surface area contributed by atoms with Gasteiger partial charge in [-0.1, -0.05) is 49.3 Å². The Morgan fingerprint density at radius 1 is 1.05 bits per heavy atom. The van der Waals surface area contributed by atoms with Gasteiger partial charge in [0.05, 0.1) is 0 Å². The van der Waals surface area contributed by atoms with Crippen molar-refractivity contribution in [2.75, 3.05) is 0 Å². The van der Waals surface area contributed by atoms with Gasteiger partial charge in [0.15, 0.2) is 5.78 Å². The number of fused-ring (bicyclic) bond motifs is 3. The van der Waals surface area contributed by atoms with Gasteiger partial charge in [-0.25, -0.2) is 0 Å². The number of Topliss-reactive ketones (excluding diaryl/α,β-unsaturated/α-hetero) is 1. The molecule has 4 rings (SSSR count). The fraction of sp³-hybridized carbons (Fsp3) is 0.500. The predicted molar refractivity (Wildman–Crippen MR) is 76.3 cm³/mol. The molecule has 0 unspecified atom stereocenters. The van der Waals surface area contributed by atoms with Gasteiger partial charge in [-0.15, -0.1) is 0 Å². The highest BCUT2D eigenvalue weighted by molar-refractivity contribution is 6.06. The summed E-state index contributed by atoms with van der Waals surface area (Å²) in [6, 6.07) is 8.38. The standard InChI is InChI=1S/C18H20O/c19-17-15-10-4-3-9-14(15)16-11-5-6-12-18(16,17)13-7-1-2-8-13/h1-4,9-10,13,16H,5-8,11-12H2/t16-,18+/m0/s1. The third kappa shape index (κ3) is 1.39. The molecule has 1 fully saturated rings. The van der Waals surface area contributed by atoms with Gasteiger partial charge >= 0.3 is 0 Å². The van der Waals surface area contributed by atoms with Crippen molar-refractivity contribution in [3.63, 3.8) is 0 Å². The number of benzene rings is 1. The van der Waals surface area contributed by atoms with Crippen molar-refractivity contribution in [3.05, 3.63) is 47.5 Å². The van der Waals surface area contributed by atoms with Crippen molar-refractivity contribution in [1.29, 1.82) is 0 Å². The minimum atomic E-state index is -0.0641. The number of ketones is 1. The monoisotopic (exact) mass is 252 g/mol. The highest BCUT2D eigenvalue weighted by Crippen LogP contribution is 2.61. The van der Waals surface area contributed by atoms with Crippen LogP contribution in [0.3, 0.4) is 0 Å². The van der Waals surface area contributed by atoms with E-state index in [1.165, 1.54) is 24.8 Å². The van der Waals surface area contributed by atoms with E-state index in [2.05, 4.69) is 30.4 Å². The van der Waals surface area contributed by atoms with E-state index in [1.54, 1.807) is 0 Å². The molecule has 3 aliphatic rings. The molecule has 0 radical (unpaired) electrons. The number of hydrogen-bond donors (Lipinski definition) is 0. The molecule has 0 amide bonds. The Bertz CT molecular complexity index is 549. The van der Waals surface area contributed by atoms with Crippen LogP contribution in [0.4, 0.5) is 0 Å². The summed E-state index contributed by atoms with van der Waals surface area (Å²) in [5.74, 6) is 1.51. The lowest BCUT2D eigenvalue weighted by Gasteiger charge is -2.43. The molecule has 19 heavy (non-hydrogen) atoms. The molecular formula is C18H20O. The quantitative estimate of drug-likeness (QED) is 0.673. The zero-order valence-corrected chi connectivity index (χ0v) is 11.3. The maximum absolute atomic E-state index is 13.1. The summed E-state index contributed by atoms with van der Waals surface area (Å²) in [6.45, 7) is 0. The van der Waals surface area contributed by atoms with E-state index in [1.807, 2.05) is 6.07 Å². The fourth-order valence-corrected chi connectivity index (χ4v) is 4.87. The van der Waals surface area contributed by atoms with Crippen LogP contribution < -0.4 is 0 Å². The summed E-state index contributed by atoms with van der Waals surface area (Å²) in [5, 5.41) is 0. The highest BCUT2D eigenvalue weighted by atomic mass is 16.1. The average molecular weight is 252 g/mol. The average Bonchev–Trinajstić information content (AvgIpc) is 3.07. The van der Waals surface area contributed by atoms with Crippen molar-refractivity contribution in [3.8, 4) is 0 Å². The zero-order chi connectivity index (χ0) is 12.9. The van der Waals surface area contributed by atoms with Crippen LogP contribution in [0.1, 0.15) is 60.4 Å². The van der Waals surface area contributed by atoms with Crippen LogP contribution in [0.15, 0.2) is 36.4 Å². The van der Waals surface area contributed by atoms with Gasteiger partial charge in [0, 0.05) is 11.0 Å². The molecular weight excluding hydrogens is 232 g/mol. The van der Waals surface area contributed by atoms with Crippen molar-refractivity contribution >= 4 is 5.78 Å². The normalized spacial score (nSPS) is 33.5. The van der Waals surface area contributed by atoms with Gasteiger partial charge in [0.25, 0.3) is 0 Å². The number of carbonyl (C=O) groups is 1. The van der Waals surface area contributed by atoms with Gasteiger partial charge in [-0.2, -0.15) is 0 Å². The summed E-state index contributed by atoms with van der Waals surface area (Å²) in [5.41, 5.74) is 2.31. The lowest BCUT2D eigenvalue weighted by Crippen LogP contribution is -2.40. The van der Waals surface area contributed by atoms with Crippen molar-refractivity contribution < 1.29 is 4.79 Å². The first-order chi connectivity index (χ1) is 9.34. The van der Waals surface area contributed by atoms with Crippen LogP contribution in [0.25, 0.3) is 0 Å². The third-order valence-corrected chi connectivity index (χ3v) is 5.70. The first-order valence-corrected chi connectivity index (χ1v) is 7.63. The first kappa shape index (κ1) is 11.5. The number of hydrogen-bond acceptors (Lipinski definition) is 1. The second-order valence-electron chi connectivity index (χ2n) is 6.39. The van der Waals surface area contributed by atoms with E-state index in [9.17, 15) is 4.79 Å². The van der Waals surface area contributed by atoms with Gasteiger partial charge in [-0.05, 0) is 43.1 Å². The largest absolute Gasteiger partial charge is 0.294 e. The van der Waals surface area contributed by atoms with Crippen molar-refractivity contribution in [2.45, 2.75) is 44.4 Å². The maximum atomic E-state index is 13.1. The minimum absolute atomic E-state index is 0.0641. The van der Waals surface area contributed by atoms with Crippen molar-refractivity contribution in [1.82, 2.24) is 0 Å². The van der Waals surface area contributed by atoms with E-state index >= 15 is 0 Å². The van der Waals surface area contributed by atoms with Gasteiger partial charge in [0.2, 0.25) is 0 Å². The lowest BCUT2D eigenvalue weighted by atomic mass is 9.59. The van der Waals surface area contributed by atoms with Crippen molar-refractivity contribution in [2.24, 2.45) is 11.3 Å². The third-order valence-electron chi connectivity index (χ3n) is 5.70. The molecule has 2 atom stereocenters. The van der Waals surface area contributed by atoms with E-state index < -0.39 is 0 Å². The topological polar surface area (TPSA) is 17.1 Å². The molecule has 1 aromatic rings. The van der Waals surface area contributed by atoms with Crippen LogP contribution in [-0.2, 0) is 0 Å². The molecule has 0 aromatic heterocycles. The number of carbonyl (C=O) groups excluding carboxylic acids is 1. The highest BCUT2D eigenvalue weighted by Gasteiger charge is 2.57. The van der Waals surface area contributed by atoms with Crippen LogP contribution in [0, 0.1) is 11.3 Å². The zero-order valence-electron chi connectivity index (χ0n) is 11.3. The first-order valence-electron chi connectivity index (χ1n) is 7.63. The molecule has 0 N–H and O–H groups in total. The summed E-state index contributed by atoms with van der Waals surface area (Å²) in [7, 11) is 0. The van der Waals surface area contributed by atoms with Gasteiger partial charge in [0.1, 0.15) is 0 Å². The smallest absolute Gasteiger partial charge is 0.170 e. The molecule has 1 heteroatoms. The predicted octanol–water partition coefficient (Wildman–Crippen LogP) is 4.49. The second kappa shape index (κ2) is 4.06. The van der Waals surface area contributed by atoms with Crippen LogP contribution in [-0.4, -0.2) is 5.78 Å². The molecule has 0 spiro atoms. The molecule has 0 aliphatic heterocycles. The number of rotatable bonds is 1. The van der Waals surface area contributed by atoms with E-state index in [0.717, 1.165) is 24.8 Å². The lowest BCUT2D eigenvalue weighted by molar-refractivity contribution is 0.0519. The van der Waals surface area contributed by atoms with Gasteiger partial charge < -0.3 is 0 Å². The Morgan fingerprint density at radius 2 is 1.84 bits per heavy atom. The Balaban J connectivity index is 1.86. The molecule has 98 valence electrons. The second-order valence-corrected chi connectivity index (χ2v) is 6.39. The summed E-state index contributed by atoms with van der Waals surface area (Å²) in [6.07, 6.45) is 11.6. The van der Waals surface area contributed by atoms with Gasteiger partial charge in [-0.3, -0.25) is 4.79 Å². The summed E-state index contributed by atoms with van der Waals surface area (Å²) in [4.78, 5) is 13.1. The van der Waals surface area contributed by atoms with E-state index in [4.69, 9.17) is 0 Å². The molecule has 3 aliphatic carbocycles. The minimum Gasteiger partial charge on any atom is -0.294 e. The Kier molecular flexibility index (Phi) is 2.45. The maximum Gasteiger partial charge on any atom is 0.170 e. The van der Waals surface area contributed by atoms with Crippen LogP contribution in [0.2, 0.25) is 0 Å². The fourth-order valence-electron chi connectivity index (χ4n) is 4.87.